The molecule has 1 aromatic carbocycles. The van der Waals surface area contributed by atoms with Crippen molar-refractivity contribution < 1.29 is 19.6 Å². The van der Waals surface area contributed by atoms with E-state index in [1.54, 1.807) is 36.7 Å². The number of quaternary nitrogens is 1. The minimum Gasteiger partial charge on any atom is -0.872 e. The van der Waals surface area contributed by atoms with Crippen molar-refractivity contribution in [3.63, 3.8) is 0 Å². The van der Waals surface area contributed by atoms with Crippen LogP contribution in [0, 0.1) is 6.92 Å². The average Bonchev–Trinajstić information content (AvgIpc) is 2.93. The number of ketones is 1. The molecule has 1 fully saturated rings. The summed E-state index contributed by atoms with van der Waals surface area (Å²) in [6, 6.07) is 9.89. The van der Waals surface area contributed by atoms with Crippen LogP contribution < -0.4 is 10.0 Å². The second-order valence-electron chi connectivity index (χ2n) is 7.43. The number of nitrogens with zero attached hydrogens (tertiary/aromatic N) is 2. The number of benzene rings is 1. The number of nitrogens with one attached hydrogen (secondary N) is 1. The molecule has 1 unspecified atom stereocenters. The van der Waals surface area contributed by atoms with Crippen LogP contribution in [0.4, 0.5) is 0 Å². The molecule has 28 heavy (non-hydrogen) atoms. The van der Waals surface area contributed by atoms with Crippen LogP contribution in [0.5, 0.6) is 0 Å². The van der Waals surface area contributed by atoms with E-state index in [2.05, 4.69) is 4.98 Å². The Bertz CT molecular complexity index is 889. The van der Waals surface area contributed by atoms with Crippen molar-refractivity contribution in [2.24, 2.45) is 0 Å². The summed E-state index contributed by atoms with van der Waals surface area (Å²) >= 11 is 0. The normalized spacial score (nSPS) is 18.9. The largest absolute Gasteiger partial charge is 0.872 e. The van der Waals surface area contributed by atoms with Gasteiger partial charge in [0.2, 0.25) is 5.78 Å². The third-order valence-corrected chi connectivity index (χ3v) is 4.94. The lowest BCUT2D eigenvalue weighted by Crippen LogP contribution is -3.05. The van der Waals surface area contributed by atoms with Crippen LogP contribution in [0.25, 0.3) is 5.76 Å². The smallest absolute Gasteiger partial charge is 0.295 e. The first-order chi connectivity index (χ1) is 13.4. The number of hydrogen-bond acceptors (Lipinski definition) is 4. The fourth-order valence-electron chi connectivity index (χ4n) is 3.46. The van der Waals surface area contributed by atoms with Gasteiger partial charge in [-0.2, -0.15) is 0 Å². The molecule has 0 saturated carbocycles. The van der Waals surface area contributed by atoms with E-state index in [0.717, 1.165) is 24.1 Å². The summed E-state index contributed by atoms with van der Waals surface area (Å²) in [6.45, 7) is 3.22. The van der Waals surface area contributed by atoms with Crippen molar-refractivity contribution in [2.75, 3.05) is 27.2 Å². The van der Waals surface area contributed by atoms with Gasteiger partial charge in [0.05, 0.1) is 26.7 Å². The molecule has 146 valence electrons. The maximum absolute atomic E-state index is 13.2. The van der Waals surface area contributed by atoms with Gasteiger partial charge in [0.1, 0.15) is 0 Å². The number of aromatic nitrogens is 1. The molecule has 1 aliphatic heterocycles. The van der Waals surface area contributed by atoms with E-state index in [0.29, 0.717) is 12.1 Å². The Balaban J connectivity index is 2.06. The molecule has 6 nitrogen and oxygen atoms in total. The number of pyridine rings is 1. The molecular formula is C22H25N3O3. The van der Waals surface area contributed by atoms with Gasteiger partial charge in [-0.15, -0.1) is 0 Å². The van der Waals surface area contributed by atoms with Crippen LogP contribution in [0.1, 0.15) is 29.2 Å². The van der Waals surface area contributed by atoms with E-state index in [1.807, 2.05) is 33.2 Å². The van der Waals surface area contributed by atoms with Gasteiger partial charge in [-0.3, -0.25) is 14.6 Å². The Hall–Kier alpha value is -2.99. The van der Waals surface area contributed by atoms with Crippen molar-refractivity contribution in [1.29, 1.82) is 0 Å². The highest BCUT2D eigenvalue weighted by atomic mass is 16.3. The number of aryl methyl sites for hydroxylation is 1. The van der Waals surface area contributed by atoms with E-state index in [1.165, 1.54) is 9.80 Å². The number of rotatable bonds is 6. The minimum atomic E-state index is -0.704. The van der Waals surface area contributed by atoms with Gasteiger partial charge < -0.3 is 14.9 Å². The van der Waals surface area contributed by atoms with E-state index in [9.17, 15) is 14.7 Å². The van der Waals surface area contributed by atoms with Crippen molar-refractivity contribution in [3.05, 3.63) is 71.1 Å². The van der Waals surface area contributed by atoms with Crippen LogP contribution in [0.2, 0.25) is 0 Å². The third-order valence-electron chi connectivity index (χ3n) is 4.94. The number of carbonyl (C=O) groups excluding carboxylic acids is 2. The van der Waals surface area contributed by atoms with Gasteiger partial charge in [0.15, 0.2) is 0 Å². The molecule has 1 saturated heterocycles. The van der Waals surface area contributed by atoms with Crippen LogP contribution in [-0.4, -0.2) is 48.8 Å². The summed E-state index contributed by atoms with van der Waals surface area (Å²) < 4.78 is 0. The number of carbonyl (C=O) groups is 2. The maximum Gasteiger partial charge on any atom is 0.295 e. The predicted molar refractivity (Wildman–Crippen MR) is 104 cm³/mol. The van der Waals surface area contributed by atoms with E-state index >= 15 is 0 Å². The number of Topliss-reactive ketones (excluding diaryl/α,β-unsaturated/α-hetero) is 1. The number of hydrogen-bond donors (Lipinski definition) is 1. The van der Waals surface area contributed by atoms with Gasteiger partial charge in [0, 0.05) is 30.9 Å². The van der Waals surface area contributed by atoms with Crippen molar-refractivity contribution in [1.82, 2.24) is 9.88 Å². The molecule has 0 radical (unpaired) electrons. The topological polar surface area (TPSA) is 77.8 Å². The lowest BCUT2D eigenvalue weighted by Gasteiger charge is -2.27. The number of amides is 1. The molecule has 2 heterocycles. The van der Waals surface area contributed by atoms with E-state index in [-0.39, 0.29) is 11.3 Å². The Morgan fingerprint density at radius 3 is 2.36 bits per heavy atom. The van der Waals surface area contributed by atoms with Crippen LogP contribution >= 0.6 is 0 Å². The van der Waals surface area contributed by atoms with E-state index < -0.39 is 17.7 Å². The first-order valence-electron chi connectivity index (χ1n) is 9.42. The molecule has 3 rings (SSSR count). The Kier molecular flexibility index (Phi) is 5.90. The molecule has 2 aromatic rings. The first-order valence-corrected chi connectivity index (χ1v) is 9.42. The maximum atomic E-state index is 13.2. The fourth-order valence-corrected chi connectivity index (χ4v) is 3.46. The summed E-state index contributed by atoms with van der Waals surface area (Å²) in [5, 5.41) is 13.2. The second kappa shape index (κ2) is 8.35. The minimum absolute atomic E-state index is 0.0252. The Morgan fingerprint density at radius 1 is 1.11 bits per heavy atom. The SMILES string of the molecule is Cc1ccc(C([O-])=C2C(=O)C(=O)N(CCC[NH+](C)C)C2c2ccncc2)cc1. The van der Waals surface area contributed by atoms with Crippen LogP contribution in [0.3, 0.4) is 0 Å². The molecule has 1 amide bonds. The summed E-state index contributed by atoms with van der Waals surface area (Å²) in [6.07, 6.45) is 3.96. The summed E-state index contributed by atoms with van der Waals surface area (Å²) in [4.78, 5) is 32.4. The standard InChI is InChI=1S/C22H25N3O3/c1-15-5-7-17(8-6-15)20(26)18-19(16-9-11-23-12-10-16)25(22(28)21(18)27)14-4-13-24(2)3/h5-12,19,26H,4,13-14H2,1-3H3. The zero-order chi connectivity index (χ0) is 20.3. The Morgan fingerprint density at radius 2 is 1.75 bits per heavy atom. The molecule has 1 N–H and O–H groups in total. The van der Waals surface area contributed by atoms with Gasteiger partial charge in [0.25, 0.3) is 5.91 Å². The zero-order valence-corrected chi connectivity index (χ0v) is 16.4. The molecular weight excluding hydrogens is 354 g/mol. The van der Waals surface area contributed by atoms with Gasteiger partial charge >= 0.3 is 0 Å². The van der Waals surface area contributed by atoms with E-state index in [4.69, 9.17) is 0 Å². The van der Waals surface area contributed by atoms with Crippen molar-refractivity contribution in [3.8, 4) is 0 Å². The third kappa shape index (κ3) is 3.97. The molecule has 0 spiro atoms. The summed E-state index contributed by atoms with van der Waals surface area (Å²) in [5.74, 6) is -1.70. The average molecular weight is 379 g/mol. The molecule has 1 atom stereocenters. The van der Waals surface area contributed by atoms with Gasteiger partial charge in [-0.1, -0.05) is 35.6 Å². The van der Waals surface area contributed by atoms with Gasteiger partial charge in [-0.05, 0) is 30.2 Å². The quantitative estimate of drug-likeness (QED) is 0.440. The fraction of sp³-hybridized carbons (Fsp3) is 0.318. The number of likely N-dealkylation sites (tertiary alicyclic amines) is 1. The highest BCUT2D eigenvalue weighted by molar-refractivity contribution is 6.46. The van der Waals surface area contributed by atoms with Gasteiger partial charge in [-0.25, -0.2) is 0 Å². The monoisotopic (exact) mass is 379 g/mol. The molecule has 6 heteroatoms. The molecule has 0 bridgehead atoms. The second-order valence-corrected chi connectivity index (χ2v) is 7.43. The lowest BCUT2D eigenvalue weighted by molar-refractivity contribution is -0.858. The van der Waals surface area contributed by atoms with Crippen LogP contribution in [-0.2, 0) is 9.59 Å². The summed E-state index contributed by atoms with van der Waals surface area (Å²) in [7, 11) is 4.07. The zero-order valence-electron chi connectivity index (χ0n) is 16.4. The van der Waals surface area contributed by atoms with Crippen molar-refractivity contribution in [2.45, 2.75) is 19.4 Å². The summed E-state index contributed by atoms with van der Waals surface area (Å²) in [5.41, 5.74) is 2.19. The highest BCUT2D eigenvalue weighted by Crippen LogP contribution is 2.38. The first kappa shape index (κ1) is 19.8. The molecule has 1 aliphatic rings. The lowest BCUT2D eigenvalue weighted by atomic mass is 9.95. The molecule has 0 aliphatic carbocycles. The van der Waals surface area contributed by atoms with Crippen LogP contribution in [0.15, 0.2) is 54.4 Å². The predicted octanol–water partition coefficient (Wildman–Crippen LogP) is 0.149. The van der Waals surface area contributed by atoms with Crippen molar-refractivity contribution >= 4 is 17.4 Å². The molecule has 1 aromatic heterocycles. The highest BCUT2D eigenvalue weighted by Gasteiger charge is 2.43. The Labute approximate surface area is 165 Å².